The molecule has 1 aromatic carbocycles. The van der Waals surface area contributed by atoms with Crippen LogP contribution >= 0.6 is 0 Å². The molecule has 1 fully saturated rings. The highest BCUT2D eigenvalue weighted by Crippen LogP contribution is 2.35. The zero-order valence-corrected chi connectivity index (χ0v) is 13.1. The van der Waals surface area contributed by atoms with Gasteiger partial charge in [0.25, 0.3) is 0 Å². The van der Waals surface area contributed by atoms with Gasteiger partial charge < -0.3 is 14.8 Å². The van der Waals surface area contributed by atoms with Crippen molar-refractivity contribution >= 4 is 11.7 Å². The highest BCUT2D eigenvalue weighted by Gasteiger charge is 2.38. The van der Waals surface area contributed by atoms with Gasteiger partial charge in [-0.25, -0.2) is 4.79 Å². The summed E-state index contributed by atoms with van der Waals surface area (Å²) in [6, 6.07) is 7.63. The first kappa shape index (κ1) is 15.7. The van der Waals surface area contributed by atoms with Gasteiger partial charge in [0.1, 0.15) is 11.3 Å². The molecule has 1 unspecified atom stereocenters. The van der Waals surface area contributed by atoms with Crippen molar-refractivity contribution in [1.29, 1.82) is 0 Å². The molecule has 0 heterocycles. The molecule has 4 nitrogen and oxygen atoms in total. The molecule has 0 aliphatic heterocycles. The van der Waals surface area contributed by atoms with Gasteiger partial charge in [0.15, 0.2) is 0 Å². The molecule has 0 radical (unpaired) electrons. The van der Waals surface area contributed by atoms with E-state index in [1.54, 1.807) is 7.11 Å². The van der Waals surface area contributed by atoms with E-state index in [9.17, 15) is 4.79 Å². The molecule has 4 heteroatoms. The molecular weight excluding hydrogens is 266 g/mol. The molecule has 1 N–H and O–H groups in total. The van der Waals surface area contributed by atoms with Crippen LogP contribution in [0.15, 0.2) is 24.3 Å². The number of esters is 1. The Balaban J connectivity index is 2.10. The van der Waals surface area contributed by atoms with E-state index in [2.05, 4.69) is 5.32 Å². The standard InChI is InChI=1S/C17H25NO3/c1-4-21-16(19)17(2,12-13-6-5-7-13)18-14-8-10-15(20-3)11-9-14/h8-11,13,18H,4-7,12H2,1-3H3. The van der Waals surface area contributed by atoms with Gasteiger partial charge in [-0.2, -0.15) is 0 Å². The highest BCUT2D eigenvalue weighted by molar-refractivity contribution is 5.84. The van der Waals surface area contributed by atoms with Crippen molar-refractivity contribution in [2.24, 2.45) is 5.92 Å². The van der Waals surface area contributed by atoms with Crippen LogP contribution < -0.4 is 10.1 Å². The molecule has 0 aromatic heterocycles. The number of hydrogen-bond acceptors (Lipinski definition) is 4. The Kier molecular flexibility index (Phi) is 5.10. The van der Waals surface area contributed by atoms with Gasteiger partial charge in [-0.3, -0.25) is 0 Å². The van der Waals surface area contributed by atoms with Gasteiger partial charge in [-0.15, -0.1) is 0 Å². The molecule has 0 amide bonds. The maximum atomic E-state index is 12.4. The van der Waals surface area contributed by atoms with Crippen molar-refractivity contribution in [2.75, 3.05) is 19.0 Å². The van der Waals surface area contributed by atoms with Gasteiger partial charge in [0.05, 0.1) is 13.7 Å². The van der Waals surface area contributed by atoms with E-state index in [0.717, 1.165) is 17.9 Å². The number of rotatable bonds is 7. The van der Waals surface area contributed by atoms with Crippen LogP contribution in [0, 0.1) is 5.92 Å². The summed E-state index contributed by atoms with van der Waals surface area (Å²) in [7, 11) is 1.64. The van der Waals surface area contributed by atoms with E-state index in [1.165, 1.54) is 19.3 Å². The molecule has 1 aliphatic rings. The summed E-state index contributed by atoms with van der Waals surface area (Å²) in [5.41, 5.74) is 0.237. The van der Waals surface area contributed by atoms with E-state index in [1.807, 2.05) is 38.1 Å². The lowest BCUT2D eigenvalue weighted by molar-refractivity contribution is -0.148. The first-order valence-electron chi connectivity index (χ1n) is 7.67. The molecule has 0 bridgehead atoms. The monoisotopic (exact) mass is 291 g/mol. The zero-order chi connectivity index (χ0) is 15.3. The van der Waals surface area contributed by atoms with E-state index in [0.29, 0.717) is 12.5 Å². The third-order valence-corrected chi connectivity index (χ3v) is 4.16. The molecular formula is C17H25NO3. The summed E-state index contributed by atoms with van der Waals surface area (Å²) in [6.07, 6.45) is 4.50. The van der Waals surface area contributed by atoms with Crippen LogP contribution in [-0.4, -0.2) is 25.2 Å². The van der Waals surface area contributed by atoms with Crippen molar-refractivity contribution in [2.45, 2.75) is 45.1 Å². The third-order valence-electron chi connectivity index (χ3n) is 4.16. The third kappa shape index (κ3) is 3.90. The molecule has 0 spiro atoms. The van der Waals surface area contributed by atoms with Crippen LogP contribution in [0.25, 0.3) is 0 Å². The number of carbonyl (C=O) groups excluding carboxylic acids is 1. The maximum Gasteiger partial charge on any atom is 0.331 e. The number of methoxy groups -OCH3 is 1. The largest absolute Gasteiger partial charge is 0.497 e. The zero-order valence-electron chi connectivity index (χ0n) is 13.1. The summed E-state index contributed by atoms with van der Waals surface area (Å²) in [5, 5.41) is 3.36. The van der Waals surface area contributed by atoms with E-state index in [4.69, 9.17) is 9.47 Å². The van der Waals surface area contributed by atoms with Crippen molar-refractivity contribution in [3.05, 3.63) is 24.3 Å². The summed E-state index contributed by atoms with van der Waals surface area (Å²) < 4.78 is 10.4. The fraction of sp³-hybridized carbons (Fsp3) is 0.588. The van der Waals surface area contributed by atoms with Crippen molar-refractivity contribution in [3.8, 4) is 5.75 Å². The number of benzene rings is 1. The lowest BCUT2D eigenvalue weighted by Gasteiger charge is -2.36. The second-order valence-electron chi connectivity index (χ2n) is 5.91. The number of hydrogen-bond donors (Lipinski definition) is 1. The topological polar surface area (TPSA) is 47.6 Å². The van der Waals surface area contributed by atoms with E-state index >= 15 is 0 Å². The Bertz CT molecular complexity index is 467. The van der Waals surface area contributed by atoms with Crippen LogP contribution in [0.5, 0.6) is 5.75 Å². The average Bonchev–Trinajstić information content (AvgIpc) is 2.44. The molecule has 1 aliphatic carbocycles. The summed E-state index contributed by atoms with van der Waals surface area (Å²) >= 11 is 0. The van der Waals surface area contributed by atoms with Gasteiger partial charge in [0.2, 0.25) is 0 Å². The van der Waals surface area contributed by atoms with Crippen LogP contribution in [0.4, 0.5) is 5.69 Å². The molecule has 2 rings (SSSR count). The number of ether oxygens (including phenoxy) is 2. The summed E-state index contributed by atoms with van der Waals surface area (Å²) in [6.45, 7) is 4.19. The minimum atomic E-state index is -0.671. The van der Waals surface area contributed by atoms with Gasteiger partial charge in [-0.05, 0) is 50.5 Å². The van der Waals surface area contributed by atoms with Crippen molar-refractivity contribution in [3.63, 3.8) is 0 Å². The maximum absolute atomic E-state index is 12.4. The van der Waals surface area contributed by atoms with E-state index < -0.39 is 5.54 Å². The van der Waals surface area contributed by atoms with Crippen LogP contribution in [0.2, 0.25) is 0 Å². The predicted molar refractivity (Wildman–Crippen MR) is 83.6 cm³/mol. The lowest BCUT2D eigenvalue weighted by atomic mass is 9.76. The quantitative estimate of drug-likeness (QED) is 0.779. The Morgan fingerprint density at radius 3 is 2.48 bits per heavy atom. The minimum Gasteiger partial charge on any atom is -0.497 e. The fourth-order valence-electron chi connectivity index (χ4n) is 2.74. The molecule has 21 heavy (non-hydrogen) atoms. The summed E-state index contributed by atoms with van der Waals surface area (Å²) in [5.74, 6) is 1.25. The van der Waals surface area contributed by atoms with Gasteiger partial charge in [0, 0.05) is 5.69 Å². The molecule has 116 valence electrons. The average molecular weight is 291 g/mol. The first-order valence-corrected chi connectivity index (χ1v) is 7.67. The van der Waals surface area contributed by atoms with Crippen LogP contribution in [0.1, 0.15) is 39.5 Å². The predicted octanol–water partition coefficient (Wildman–Crippen LogP) is 3.62. The second-order valence-corrected chi connectivity index (χ2v) is 5.91. The fourth-order valence-corrected chi connectivity index (χ4v) is 2.74. The Morgan fingerprint density at radius 2 is 2.00 bits per heavy atom. The molecule has 1 atom stereocenters. The Morgan fingerprint density at radius 1 is 1.33 bits per heavy atom. The van der Waals surface area contributed by atoms with Crippen molar-refractivity contribution in [1.82, 2.24) is 0 Å². The van der Waals surface area contributed by atoms with Gasteiger partial charge >= 0.3 is 5.97 Å². The molecule has 1 saturated carbocycles. The molecule has 1 aromatic rings. The Hall–Kier alpha value is -1.71. The number of nitrogens with one attached hydrogen (secondary N) is 1. The number of anilines is 1. The first-order chi connectivity index (χ1) is 10.1. The van der Waals surface area contributed by atoms with Gasteiger partial charge in [-0.1, -0.05) is 19.3 Å². The van der Waals surface area contributed by atoms with Crippen molar-refractivity contribution < 1.29 is 14.3 Å². The SMILES string of the molecule is CCOC(=O)C(C)(CC1CCC1)Nc1ccc(OC)cc1. The van der Waals surface area contributed by atoms with Crippen LogP contribution in [0.3, 0.4) is 0 Å². The number of carbonyl (C=O) groups is 1. The van der Waals surface area contributed by atoms with E-state index in [-0.39, 0.29) is 5.97 Å². The summed E-state index contributed by atoms with van der Waals surface area (Å²) in [4.78, 5) is 12.4. The molecule has 0 saturated heterocycles. The minimum absolute atomic E-state index is 0.173. The smallest absolute Gasteiger partial charge is 0.331 e. The highest BCUT2D eigenvalue weighted by atomic mass is 16.5. The Labute approximate surface area is 126 Å². The van der Waals surface area contributed by atoms with Crippen LogP contribution in [-0.2, 0) is 9.53 Å². The normalized spacial score (nSPS) is 17.5. The lowest BCUT2D eigenvalue weighted by Crippen LogP contribution is -2.47. The second kappa shape index (κ2) is 6.83.